The van der Waals surface area contributed by atoms with Gasteiger partial charge in [0.15, 0.2) is 0 Å². The van der Waals surface area contributed by atoms with Crippen molar-refractivity contribution in [3.63, 3.8) is 0 Å². The van der Waals surface area contributed by atoms with Crippen LogP contribution in [-0.2, 0) is 9.53 Å². The minimum Gasteiger partial charge on any atom is -0.373 e. The molecule has 1 aliphatic heterocycles. The number of carbonyl (C=O) groups excluding carboxylic acids is 1. The molecule has 1 fully saturated rings. The third-order valence-electron chi connectivity index (χ3n) is 3.49. The molecule has 0 bridgehead atoms. The van der Waals surface area contributed by atoms with E-state index in [0.717, 1.165) is 18.8 Å². The van der Waals surface area contributed by atoms with Crippen LogP contribution in [0.3, 0.4) is 0 Å². The van der Waals surface area contributed by atoms with E-state index in [0.29, 0.717) is 5.02 Å². The predicted octanol–water partition coefficient (Wildman–Crippen LogP) is 2.78. The number of nitrogens with one attached hydrogen (secondary N) is 1. The Morgan fingerprint density at radius 2 is 1.85 bits per heavy atom. The van der Waals surface area contributed by atoms with Gasteiger partial charge in [-0.25, -0.2) is 0 Å². The summed E-state index contributed by atoms with van der Waals surface area (Å²) in [6, 6.07) is 6.95. The van der Waals surface area contributed by atoms with Crippen LogP contribution in [0, 0.1) is 0 Å². The van der Waals surface area contributed by atoms with Crippen molar-refractivity contribution >= 4 is 23.2 Å². The summed E-state index contributed by atoms with van der Waals surface area (Å²) in [5, 5.41) is 3.57. The number of anilines is 1. The lowest BCUT2D eigenvalue weighted by molar-refractivity contribution is -0.126. The Kier molecular flexibility index (Phi) is 5.02. The van der Waals surface area contributed by atoms with Gasteiger partial charge in [-0.05, 0) is 45.0 Å². The van der Waals surface area contributed by atoms with E-state index in [9.17, 15) is 4.79 Å². The SMILES string of the molecule is C[C@@H]1CN([C@H](C)C(=O)Nc2ccc(Cl)cc2)C[C@H](C)O1. The zero-order valence-corrected chi connectivity index (χ0v) is 12.9. The van der Waals surface area contributed by atoms with E-state index in [1.165, 1.54) is 0 Å². The molecule has 1 aromatic carbocycles. The molecule has 4 nitrogen and oxygen atoms in total. The standard InChI is InChI=1S/C15H21ClN2O2/c1-10-8-18(9-11(2)20-10)12(3)15(19)17-14-6-4-13(16)5-7-14/h4-7,10-12H,8-9H2,1-3H3,(H,17,19)/t10-,11+,12-/m1/s1. The van der Waals surface area contributed by atoms with Crippen molar-refractivity contribution < 1.29 is 9.53 Å². The third-order valence-corrected chi connectivity index (χ3v) is 3.74. The highest BCUT2D eigenvalue weighted by atomic mass is 35.5. The molecule has 110 valence electrons. The zero-order chi connectivity index (χ0) is 14.7. The summed E-state index contributed by atoms with van der Waals surface area (Å²) in [7, 11) is 0. The minimum atomic E-state index is -0.181. The summed E-state index contributed by atoms with van der Waals surface area (Å²) in [6.45, 7) is 7.55. The maximum absolute atomic E-state index is 12.3. The molecule has 1 saturated heterocycles. The molecule has 0 unspecified atom stereocenters. The quantitative estimate of drug-likeness (QED) is 0.932. The summed E-state index contributed by atoms with van der Waals surface area (Å²) < 4.78 is 5.69. The van der Waals surface area contributed by atoms with Crippen LogP contribution in [-0.4, -0.2) is 42.1 Å². The Morgan fingerprint density at radius 1 is 1.30 bits per heavy atom. The average molecular weight is 297 g/mol. The molecule has 0 saturated carbocycles. The van der Waals surface area contributed by atoms with E-state index in [4.69, 9.17) is 16.3 Å². The van der Waals surface area contributed by atoms with Crippen LogP contribution in [0.4, 0.5) is 5.69 Å². The Morgan fingerprint density at radius 3 is 2.40 bits per heavy atom. The summed E-state index contributed by atoms with van der Waals surface area (Å²) in [4.78, 5) is 14.4. The van der Waals surface area contributed by atoms with Gasteiger partial charge < -0.3 is 10.1 Å². The highest BCUT2D eigenvalue weighted by Gasteiger charge is 2.29. The van der Waals surface area contributed by atoms with E-state index in [1.54, 1.807) is 24.3 Å². The fourth-order valence-corrected chi connectivity index (χ4v) is 2.61. The van der Waals surface area contributed by atoms with Gasteiger partial charge in [0.05, 0.1) is 18.2 Å². The Hall–Kier alpha value is -1.10. The van der Waals surface area contributed by atoms with Crippen LogP contribution in [0.5, 0.6) is 0 Å². The first-order valence-corrected chi connectivity index (χ1v) is 7.29. The maximum Gasteiger partial charge on any atom is 0.241 e. The Bertz CT molecular complexity index is 453. The van der Waals surface area contributed by atoms with Gasteiger partial charge in [-0.1, -0.05) is 11.6 Å². The maximum atomic E-state index is 12.3. The lowest BCUT2D eigenvalue weighted by Crippen LogP contribution is -2.52. The summed E-state index contributed by atoms with van der Waals surface area (Å²) in [5.74, 6) is -0.00591. The first kappa shape index (κ1) is 15.3. The molecule has 0 aliphatic carbocycles. The van der Waals surface area contributed by atoms with E-state index < -0.39 is 0 Å². The molecule has 5 heteroatoms. The van der Waals surface area contributed by atoms with Crippen LogP contribution in [0.2, 0.25) is 5.02 Å². The second kappa shape index (κ2) is 6.57. The van der Waals surface area contributed by atoms with Crippen LogP contribution in [0.1, 0.15) is 20.8 Å². The van der Waals surface area contributed by atoms with Crippen LogP contribution < -0.4 is 5.32 Å². The molecular formula is C15H21ClN2O2. The van der Waals surface area contributed by atoms with E-state index >= 15 is 0 Å². The number of amides is 1. The molecule has 2 rings (SSSR count). The largest absolute Gasteiger partial charge is 0.373 e. The van der Waals surface area contributed by atoms with E-state index in [2.05, 4.69) is 10.2 Å². The molecule has 1 aromatic rings. The molecule has 0 aromatic heterocycles. The van der Waals surface area contributed by atoms with Gasteiger partial charge >= 0.3 is 0 Å². The minimum absolute atomic E-state index is 0.00591. The molecule has 1 aliphatic rings. The lowest BCUT2D eigenvalue weighted by atomic mass is 10.1. The molecule has 0 radical (unpaired) electrons. The van der Waals surface area contributed by atoms with Gasteiger partial charge in [-0.2, -0.15) is 0 Å². The lowest BCUT2D eigenvalue weighted by Gasteiger charge is -2.38. The van der Waals surface area contributed by atoms with Crippen LogP contribution >= 0.6 is 11.6 Å². The number of hydrogen-bond donors (Lipinski definition) is 1. The molecule has 1 N–H and O–H groups in total. The van der Waals surface area contributed by atoms with Crippen molar-refractivity contribution in [3.05, 3.63) is 29.3 Å². The molecule has 1 amide bonds. The Labute approximate surface area is 125 Å². The van der Waals surface area contributed by atoms with Gasteiger partial charge in [0.1, 0.15) is 0 Å². The highest BCUT2D eigenvalue weighted by Crippen LogP contribution is 2.16. The van der Waals surface area contributed by atoms with Crippen molar-refractivity contribution in [1.29, 1.82) is 0 Å². The number of benzene rings is 1. The topological polar surface area (TPSA) is 41.6 Å². The van der Waals surface area contributed by atoms with Gasteiger partial charge in [0.25, 0.3) is 0 Å². The van der Waals surface area contributed by atoms with Crippen molar-refractivity contribution in [2.45, 2.75) is 39.0 Å². The number of morpholine rings is 1. The predicted molar refractivity (Wildman–Crippen MR) is 81.1 cm³/mol. The monoisotopic (exact) mass is 296 g/mol. The fourth-order valence-electron chi connectivity index (χ4n) is 2.48. The summed E-state index contributed by atoms with van der Waals surface area (Å²) in [6.07, 6.45) is 0.314. The third kappa shape index (κ3) is 3.95. The second-order valence-electron chi connectivity index (χ2n) is 5.38. The van der Waals surface area contributed by atoms with E-state index in [-0.39, 0.29) is 24.2 Å². The van der Waals surface area contributed by atoms with Crippen molar-refractivity contribution in [3.8, 4) is 0 Å². The number of hydrogen-bond acceptors (Lipinski definition) is 3. The average Bonchev–Trinajstić information content (AvgIpc) is 2.39. The molecule has 0 spiro atoms. The fraction of sp³-hybridized carbons (Fsp3) is 0.533. The highest BCUT2D eigenvalue weighted by molar-refractivity contribution is 6.30. The summed E-state index contributed by atoms with van der Waals surface area (Å²) in [5.41, 5.74) is 0.764. The first-order chi connectivity index (χ1) is 9.45. The molecule has 20 heavy (non-hydrogen) atoms. The van der Waals surface area contributed by atoms with Gasteiger partial charge in [-0.15, -0.1) is 0 Å². The second-order valence-corrected chi connectivity index (χ2v) is 5.82. The van der Waals surface area contributed by atoms with Crippen LogP contribution in [0.15, 0.2) is 24.3 Å². The van der Waals surface area contributed by atoms with Gasteiger partial charge in [0.2, 0.25) is 5.91 Å². The number of nitrogens with zero attached hydrogens (tertiary/aromatic N) is 1. The normalized spacial score (nSPS) is 25.2. The zero-order valence-electron chi connectivity index (χ0n) is 12.1. The van der Waals surface area contributed by atoms with Gasteiger partial charge in [0, 0.05) is 23.8 Å². The smallest absolute Gasteiger partial charge is 0.241 e. The van der Waals surface area contributed by atoms with Crippen molar-refractivity contribution in [2.24, 2.45) is 0 Å². The van der Waals surface area contributed by atoms with Crippen LogP contribution in [0.25, 0.3) is 0 Å². The Balaban J connectivity index is 1.96. The number of rotatable bonds is 3. The van der Waals surface area contributed by atoms with E-state index in [1.807, 2.05) is 20.8 Å². The van der Waals surface area contributed by atoms with Crippen molar-refractivity contribution in [2.75, 3.05) is 18.4 Å². The molecule has 1 heterocycles. The number of halogens is 1. The molecule has 3 atom stereocenters. The number of carbonyl (C=O) groups is 1. The van der Waals surface area contributed by atoms with Crippen molar-refractivity contribution in [1.82, 2.24) is 4.90 Å². The van der Waals surface area contributed by atoms with Gasteiger partial charge in [-0.3, -0.25) is 9.69 Å². The summed E-state index contributed by atoms with van der Waals surface area (Å²) >= 11 is 5.83. The number of ether oxygens (including phenoxy) is 1. The first-order valence-electron chi connectivity index (χ1n) is 6.91. The molecular weight excluding hydrogens is 276 g/mol.